The smallest absolute Gasteiger partial charge is 0.338 e. The molecule has 0 aliphatic carbocycles. The van der Waals surface area contributed by atoms with Gasteiger partial charge in [0, 0.05) is 28.3 Å². The van der Waals surface area contributed by atoms with Gasteiger partial charge in [0.2, 0.25) is 0 Å². The van der Waals surface area contributed by atoms with E-state index >= 15 is 0 Å². The molecule has 1 aromatic heterocycles. The Balaban J connectivity index is 1.64. The summed E-state index contributed by atoms with van der Waals surface area (Å²) in [5, 5.41) is 6.42. The molecule has 0 atom stereocenters. The van der Waals surface area contributed by atoms with E-state index in [4.69, 9.17) is 4.74 Å². The van der Waals surface area contributed by atoms with Gasteiger partial charge >= 0.3 is 17.8 Å². The second-order valence-corrected chi connectivity index (χ2v) is 7.90. The molecule has 2 amide bonds. The van der Waals surface area contributed by atoms with Crippen LogP contribution < -0.4 is 10.7 Å². The molecule has 0 unspecified atom stereocenters. The van der Waals surface area contributed by atoms with E-state index in [-0.39, 0.29) is 6.61 Å². The number of nitrogens with zero attached hydrogens (tertiary/aromatic N) is 2. The standard InChI is InChI=1S/C26H28N4O4/c1-6-34-26(33)20-9-11-22(12-10-20)28-24(31)25(32)29-27-15-21-14-18(4)30(19(21)5)23-13-16(2)7-8-17(23)3/h7-15H,6H2,1-5H3,(H,28,31)(H,29,32)/b27-15-. The summed E-state index contributed by atoms with van der Waals surface area (Å²) in [7, 11) is 0. The highest BCUT2D eigenvalue weighted by atomic mass is 16.5. The molecular weight excluding hydrogens is 432 g/mol. The number of aryl methyl sites for hydroxylation is 3. The van der Waals surface area contributed by atoms with Gasteiger partial charge in [-0.25, -0.2) is 10.2 Å². The second-order valence-electron chi connectivity index (χ2n) is 7.90. The predicted octanol–water partition coefficient (Wildman–Crippen LogP) is 3.98. The van der Waals surface area contributed by atoms with Crippen LogP contribution in [0.25, 0.3) is 5.69 Å². The van der Waals surface area contributed by atoms with Crippen molar-refractivity contribution in [3.05, 3.63) is 82.2 Å². The van der Waals surface area contributed by atoms with Gasteiger partial charge in [0.15, 0.2) is 0 Å². The maximum atomic E-state index is 12.2. The van der Waals surface area contributed by atoms with E-state index < -0.39 is 17.8 Å². The lowest BCUT2D eigenvalue weighted by Crippen LogP contribution is -2.32. The molecule has 2 N–H and O–H groups in total. The van der Waals surface area contributed by atoms with E-state index in [9.17, 15) is 14.4 Å². The third-order valence-corrected chi connectivity index (χ3v) is 5.31. The number of anilines is 1. The first-order chi connectivity index (χ1) is 16.2. The van der Waals surface area contributed by atoms with Gasteiger partial charge in [0.25, 0.3) is 0 Å². The lowest BCUT2D eigenvalue weighted by Gasteiger charge is -2.13. The number of nitrogens with one attached hydrogen (secondary N) is 2. The number of carbonyl (C=O) groups excluding carboxylic acids is 3. The Labute approximate surface area is 198 Å². The summed E-state index contributed by atoms with van der Waals surface area (Å²) in [4.78, 5) is 36.0. The molecule has 1 heterocycles. The Morgan fingerprint density at radius 2 is 1.68 bits per heavy atom. The number of rotatable bonds is 6. The van der Waals surface area contributed by atoms with Gasteiger partial charge in [-0.15, -0.1) is 0 Å². The van der Waals surface area contributed by atoms with Crippen LogP contribution in [0.2, 0.25) is 0 Å². The number of amides is 2. The van der Waals surface area contributed by atoms with E-state index in [1.54, 1.807) is 6.92 Å². The van der Waals surface area contributed by atoms with E-state index in [1.807, 2.05) is 19.9 Å². The monoisotopic (exact) mass is 460 g/mol. The van der Waals surface area contributed by atoms with Gasteiger partial charge in [0.05, 0.1) is 18.4 Å². The van der Waals surface area contributed by atoms with Crippen LogP contribution in [0, 0.1) is 27.7 Å². The van der Waals surface area contributed by atoms with Gasteiger partial charge in [-0.1, -0.05) is 12.1 Å². The van der Waals surface area contributed by atoms with Gasteiger partial charge in [-0.05, 0) is 82.1 Å². The zero-order valence-corrected chi connectivity index (χ0v) is 19.9. The molecular formula is C26H28N4O4. The SMILES string of the molecule is CCOC(=O)c1ccc(NC(=O)C(=O)N/N=C\c2cc(C)n(-c3cc(C)ccc3C)c2C)cc1. The molecule has 3 aromatic rings. The number of carbonyl (C=O) groups is 3. The van der Waals surface area contributed by atoms with Crippen LogP contribution in [0.4, 0.5) is 5.69 Å². The Bertz CT molecular complexity index is 1260. The molecule has 0 spiro atoms. The Hall–Kier alpha value is -4.20. The molecule has 0 saturated carbocycles. The fraction of sp³-hybridized carbons (Fsp3) is 0.231. The van der Waals surface area contributed by atoms with Gasteiger partial charge < -0.3 is 14.6 Å². The number of hydrogen-bond donors (Lipinski definition) is 2. The Morgan fingerprint density at radius 3 is 2.35 bits per heavy atom. The van der Waals surface area contributed by atoms with Crippen molar-refractivity contribution in [3.8, 4) is 5.69 Å². The molecule has 0 radical (unpaired) electrons. The summed E-state index contributed by atoms with van der Waals surface area (Å²) in [6.45, 7) is 10.1. The summed E-state index contributed by atoms with van der Waals surface area (Å²) >= 11 is 0. The third-order valence-electron chi connectivity index (χ3n) is 5.31. The van der Waals surface area contributed by atoms with Crippen molar-refractivity contribution in [3.63, 3.8) is 0 Å². The maximum absolute atomic E-state index is 12.2. The molecule has 0 aliphatic rings. The molecule has 0 saturated heterocycles. The van der Waals surface area contributed by atoms with Crippen molar-refractivity contribution in [2.24, 2.45) is 5.10 Å². The van der Waals surface area contributed by atoms with E-state index in [0.717, 1.165) is 33.8 Å². The average molecular weight is 461 g/mol. The molecule has 34 heavy (non-hydrogen) atoms. The van der Waals surface area contributed by atoms with Crippen LogP contribution in [-0.4, -0.2) is 35.2 Å². The number of benzene rings is 2. The minimum Gasteiger partial charge on any atom is -0.462 e. The Kier molecular flexibility index (Phi) is 7.63. The van der Waals surface area contributed by atoms with Crippen LogP contribution in [-0.2, 0) is 14.3 Å². The van der Waals surface area contributed by atoms with Crippen molar-refractivity contribution >= 4 is 29.7 Å². The van der Waals surface area contributed by atoms with Crippen LogP contribution in [0.1, 0.15) is 45.4 Å². The van der Waals surface area contributed by atoms with Crippen molar-refractivity contribution in [2.45, 2.75) is 34.6 Å². The highest BCUT2D eigenvalue weighted by Gasteiger charge is 2.15. The minimum atomic E-state index is -0.908. The molecule has 2 aromatic carbocycles. The Morgan fingerprint density at radius 1 is 0.971 bits per heavy atom. The molecule has 176 valence electrons. The topological polar surface area (TPSA) is 102 Å². The van der Waals surface area contributed by atoms with Crippen molar-refractivity contribution in [2.75, 3.05) is 11.9 Å². The van der Waals surface area contributed by atoms with E-state index in [1.165, 1.54) is 30.5 Å². The molecule has 3 rings (SSSR count). The summed E-state index contributed by atoms with van der Waals surface area (Å²) in [5.74, 6) is -2.24. The highest BCUT2D eigenvalue weighted by Crippen LogP contribution is 2.23. The number of esters is 1. The lowest BCUT2D eigenvalue weighted by molar-refractivity contribution is -0.136. The number of ether oxygens (including phenoxy) is 1. The van der Waals surface area contributed by atoms with E-state index in [0.29, 0.717) is 11.3 Å². The zero-order valence-electron chi connectivity index (χ0n) is 19.9. The van der Waals surface area contributed by atoms with Crippen molar-refractivity contribution < 1.29 is 19.1 Å². The second kappa shape index (κ2) is 10.6. The van der Waals surface area contributed by atoms with Crippen LogP contribution in [0.15, 0.2) is 53.6 Å². The number of hydrazone groups is 1. The lowest BCUT2D eigenvalue weighted by atomic mass is 10.1. The predicted molar refractivity (Wildman–Crippen MR) is 131 cm³/mol. The normalized spacial score (nSPS) is 10.9. The molecule has 8 heteroatoms. The summed E-state index contributed by atoms with van der Waals surface area (Å²) in [5.41, 5.74) is 9.20. The van der Waals surface area contributed by atoms with Crippen LogP contribution in [0.5, 0.6) is 0 Å². The molecule has 0 fully saturated rings. The summed E-state index contributed by atoms with van der Waals surface area (Å²) in [6.07, 6.45) is 1.52. The quantitative estimate of drug-likeness (QED) is 0.251. The molecule has 0 bridgehead atoms. The van der Waals surface area contributed by atoms with Crippen LogP contribution in [0.3, 0.4) is 0 Å². The van der Waals surface area contributed by atoms with E-state index in [2.05, 4.69) is 52.5 Å². The van der Waals surface area contributed by atoms with Crippen molar-refractivity contribution in [1.29, 1.82) is 0 Å². The number of hydrogen-bond acceptors (Lipinski definition) is 5. The first-order valence-corrected chi connectivity index (χ1v) is 10.9. The zero-order chi connectivity index (χ0) is 24.8. The third kappa shape index (κ3) is 5.58. The van der Waals surface area contributed by atoms with Gasteiger partial charge in [-0.3, -0.25) is 9.59 Å². The fourth-order valence-electron chi connectivity index (χ4n) is 3.55. The minimum absolute atomic E-state index is 0.271. The highest BCUT2D eigenvalue weighted by molar-refractivity contribution is 6.39. The van der Waals surface area contributed by atoms with Crippen LogP contribution >= 0.6 is 0 Å². The average Bonchev–Trinajstić information content (AvgIpc) is 3.08. The summed E-state index contributed by atoms with van der Waals surface area (Å²) in [6, 6.07) is 14.3. The number of aromatic nitrogens is 1. The summed E-state index contributed by atoms with van der Waals surface area (Å²) < 4.78 is 7.05. The molecule has 8 nitrogen and oxygen atoms in total. The van der Waals surface area contributed by atoms with Gasteiger partial charge in [0.1, 0.15) is 0 Å². The first-order valence-electron chi connectivity index (χ1n) is 10.9. The maximum Gasteiger partial charge on any atom is 0.338 e. The van der Waals surface area contributed by atoms with Crippen molar-refractivity contribution in [1.82, 2.24) is 9.99 Å². The fourth-order valence-corrected chi connectivity index (χ4v) is 3.55. The molecule has 0 aliphatic heterocycles. The van der Waals surface area contributed by atoms with Gasteiger partial charge in [-0.2, -0.15) is 5.10 Å². The largest absolute Gasteiger partial charge is 0.462 e. The first kappa shape index (κ1) is 24.4.